The molecule has 36 nitrogen and oxygen atoms in total. The van der Waals surface area contributed by atoms with Crippen LogP contribution in [0.25, 0.3) is 0 Å². The van der Waals surface area contributed by atoms with Gasteiger partial charge in [-0.25, -0.2) is 0 Å². The summed E-state index contributed by atoms with van der Waals surface area (Å²) in [5, 5.41) is 156. The third kappa shape index (κ3) is 24.8. The summed E-state index contributed by atoms with van der Waals surface area (Å²) >= 11 is 0. The van der Waals surface area contributed by atoms with E-state index in [2.05, 4.69) is 45.3 Å². The molecule has 36 heteroatoms. The molecule has 4 aliphatic heterocycles. The van der Waals surface area contributed by atoms with Gasteiger partial charge in [0.2, 0.25) is 29.9 Å². The van der Waals surface area contributed by atoms with E-state index < -0.39 is 241 Å². The lowest BCUT2D eigenvalue weighted by atomic mass is 9.94. The van der Waals surface area contributed by atoms with Crippen LogP contribution in [-0.4, -0.2) is 321 Å². The third-order valence-corrected chi connectivity index (χ3v) is 16.8. The molecule has 0 aromatic heterocycles. The van der Waals surface area contributed by atoms with E-state index >= 15 is 0 Å². The highest BCUT2D eigenvalue weighted by molar-refractivity contribution is 5.94. The molecule has 100 heavy (non-hydrogen) atoms. The van der Waals surface area contributed by atoms with Gasteiger partial charge in [0.1, 0.15) is 115 Å². The summed E-state index contributed by atoms with van der Waals surface area (Å²) in [4.78, 5) is 64.1. The summed E-state index contributed by atoms with van der Waals surface area (Å²) in [5.74, 6) is 2.76. The summed E-state index contributed by atoms with van der Waals surface area (Å²) in [7, 11) is 1.20. The van der Waals surface area contributed by atoms with Crippen molar-refractivity contribution in [2.24, 2.45) is 0 Å². The Morgan fingerprint density at radius 3 is 1.74 bits per heavy atom. The number of amides is 5. The summed E-state index contributed by atoms with van der Waals surface area (Å²) < 4.78 is 77.4. The first-order valence-electron chi connectivity index (χ1n) is 33.3. The fourth-order valence-electron chi connectivity index (χ4n) is 11.4. The van der Waals surface area contributed by atoms with Gasteiger partial charge in [0, 0.05) is 53.2 Å². The average Bonchev–Trinajstić information content (AvgIpc) is 0.784. The first kappa shape index (κ1) is 85.6. The number of hydrogen-bond acceptors (Lipinski definition) is 31. The minimum Gasteiger partial charge on any atom is -0.494 e. The Balaban J connectivity index is 1.35. The van der Waals surface area contributed by atoms with Gasteiger partial charge in [-0.2, -0.15) is 0 Å². The zero-order valence-electron chi connectivity index (χ0n) is 57.5. The van der Waals surface area contributed by atoms with E-state index in [0.717, 1.165) is 52.9 Å². The van der Waals surface area contributed by atoms with E-state index in [9.17, 15) is 90.4 Å². The number of aliphatic hydroxyl groups excluding tert-OH is 13. The molecule has 1 aromatic carbocycles. The molecule has 4 saturated heterocycles. The van der Waals surface area contributed by atoms with Gasteiger partial charge in [-0.3, -0.25) is 24.0 Å². The van der Waals surface area contributed by atoms with Crippen molar-refractivity contribution in [1.82, 2.24) is 26.6 Å². The molecule has 1 aromatic rings. The molecular weight excluding hydrogens is 1330 g/mol. The number of methoxy groups -OCH3 is 1. The predicted octanol–water partition coefficient (Wildman–Crippen LogP) is -6.04. The molecule has 4 fully saturated rings. The van der Waals surface area contributed by atoms with Crippen molar-refractivity contribution in [3.63, 3.8) is 0 Å². The quantitative estimate of drug-likeness (QED) is 0.0166. The number of aliphatic hydroxyl groups is 13. The zero-order chi connectivity index (χ0) is 74.1. The minimum atomic E-state index is -2.22. The largest absolute Gasteiger partial charge is 0.494 e. The van der Waals surface area contributed by atoms with Crippen LogP contribution in [0.5, 0.6) is 5.75 Å². The van der Waals surface area contributed by atoms with Crippen LogP contribution in [0.1, 0.15) is 111 Å². The second-order valence-corrected chi connectivity index (χ2v) is 24.8. The minimum absolute atomic E-state index is 0.0421. The normalized spacial score (nSPS) is 32.4. The van der Waals surface area contributed by atoms with Crippen molar-refractivity contribution >= 4 is 29.5 Å². The Morgan fingerprint density at radius 1 is 0.580 bits per heavy atom. The molecule has 0 bridgehead atoms. The summed E-state index contributed by atoms with van der Waals surface area (Å²) in [6.07, 6.45) is -34.8. The maximum atomic E-state index is 13.9. The summed E-state index contributed by atoms with van der Waals surface area (Å²) in [6, 6.07) is -0.140. The van der Waals surface area contributed by atoms with Crippen LogP contribution in [0.3, 0.4) is 0 Å². The number of ether oxygens (including phenoxy) is 13. The molecule has 4 heterocycles. The van der Waals surface area contributed by atoms with Crippen LogP contribution in [0.15, 0.2) is 24.3 Å². The van der Waals surface area contributed by atoms with Crippen LogP contribution < -0.4 is 31.3 Å². The van der Waals surface area contributed by atoms with E-state index in [1.54, 1.807) is 12.1 Å². The van der Waals surface area contributed by atoms with Crippen LogP contribution in [0, 0.1) is 11.8 Å². The predicted molar refractivity (Wildman–Crippen MR) is 341 cm³/mol. The van der Waals surface area contributed by atoms with E-state index in [1.807, 2.05) is 0 Å². The maximum Gasteiger partial charge on any atom is 0.251 e. The van der Waals surface area contributed by atoms with E-state index in [0.29, 0.717) is 18.6 Å². The van der Waals surface area contributed by atoms with Gasteiger partial charge < -0.3 is 155 Å². The Morgan fingerprint density at radius 2 is 1.16 bits per heavy atom. The van der Waals surface area contributed by atoms with Crippen LogP contribution in [0.4, 0.5) is 0 Å². The highest BCUT2D eigenvalue weighted by Gasteiger charge is 2.54. The first-order valence-corrected chi connectivity index (χ1v) is 33.3. The van der Waals surface area contributed by atoms with Crippen molar-refractivity contribution in [3.05, 3.63) is 29.8 Å². The third-order valence-electron chi connectivity index (χ3n) is 16.8. The fraction of sp³-hybridized carbons (Fsp3) is 0.797. The van der Waals surface area contributed by atoms with Crippen molar-refractivity contribution in [3.8, 4) is 17.6 Å². The van der Waals surface area contributed by atoms with Crippen molar-refractivity contribution in [2.45, 2.75) is 272 Å². The number of hydrogen-bond donors (Lipinski definition) is 18. The monoisotopic (exact) mass is 1440 g/mol. The molecule has 0 saturated carbocycles. The number of carbonyl (C=O) groups excluding carboxylic acids is 5. The molecule has 4 aliphatic rings. The SMILES string of the molecule is CCCCCCC#CCCCOc1cccc(C(=O)N[C@H]2C(O[C@H]3C(O)C(NC(C)=O)[C@H](OC(C)C(CO)O[C@@H](O[C@H]4C(O)C(NC(C)=O)C(OC(CO)C(CO[C@@H]5OC(C)C(O)[C@H](O)[C@H]5OC)OC(O)[C@H](C)NC(C)=O)O[C@H]4CO)[C@H](O)NC(C)=O)O[C@H]3CO)OC(CO)[C@@H](O)[C@@H]2O)c1. The van der Waals surface area contributed by atoms with E-state index in [-0.39, 0.29) is 12.2 Å². The summed E-state index contributed by atoms with van der Waals surface area (Å²) in [6.45, 7) is 5.15. The molecule has 5 amide bonds. The highest BCUT2D eigenvalue weighted by atomic mass is 16.8. The smallest absolute Gasteiger partial charge is 0.251 e. The molecule has 0 aliphatic carbocycles. The molecule has 18 N–H and O–H groups in total. The van der Waals surface area contributed by atoms with Gasteiger partial charge in [0.05, 0.1) is 64.5 Å². The van der Waals surface area contributed by atoms with Gasteiger partial charge >= 0.3 is 0 Å². The molecule has 5 rings (SSSR count). The second kappa shape index (κ2) is 42.6. The van der Waals surface area contributed by atoms with Crippen molar-refractivity contribution in [1.29, 1.82) is 0 Å². The van der Waals surface area contributed by atoms with Gasteiger partial charge in [0.15, 0.2) is 37.7 Å². The first-order chi connectivity index (χ1) is 47.6. The second-order valence-electron chi connectivity index (χ2n) is 24.8. The van der Waals surface area contributed by atoms with Crippen LogP contribution in [-0.2, 0) is 76.0 Å². The Kier molecular flexibility index (Phi) is 36.5. The van der Waals surface area contributed by atoms with Gasteiger partial charge in [-0.1, -0.05) is 32.3 Å². The Bertz CT molecular complexity index is 2700. The van der Waals surface area contributed by atoms with E-state index in [1.165, 1.54) is 46.9 Å². The zero-order valence-corrected chi connectivity index (χ0v) is 57.5. The number of unbranched alkanes of at least 4 members (excludes halogenated alkanes) is 5. The molecule has 28 atom stereocenters. The van der Waals surface area contributed by atoms with Crippen LogP contribution >= 0.6 is 0 Å². The topological polar surface area (TPSA) is 528 Å². The Labute approximate surface area is 579 Å². The summed E-state index contributed by atoms with van der Waals surface area (Å²) in [5.41, 5.74) is 0.0421. The lowest BCUT2D eigenvalue weighted by Gasteiger charge is -2.48. The van der Waals surface area contributed by atoms with Crippen molar-refractivity contribution in [2.75, 3.05) is 53.4 Å². The van der Waals surface area contributed by atoms with E-state index in [4.69, 9.17) is 61.6 Å². The highest BCUT2D eigenvalue weighted by Crippen LogP contribution is 2.34. The number of benzene rings is 1. The Hall–Kier alpha value is -5.07. The van der Waals surface area contributed by atoms with Gasteiger partial charge in [0.25, 0.3) is 5.91 Å². The molecule has 0 spiro atoms. The molecule has 572 valence electrons. The maximum absolute atomic E-state index is 13.9. The number of carbonyl (C=O) groups is 5. The van der Waals surface area contributed by atoms with Gasteiger partial charge in [-0.05, 0) is 51.8 Å². The van der Waals surface area contributed by atoms with Crippen LogP contribution in [0.2, 0.25) is 0 Å². The average molecular weight is 1440 g/mol. The molecular formula is C64H105N5O31. The molecule has 0 radical (unpaired) electrons. The lowest BCUT2D eigenvalue weighted by Crippen LogP contribution is -2.69. The fourth-order valence-corrected chi connectivity index (χ4v) is 11.4. The van der Waals surface area contributed by atoms with Crippen molar-refractivity contribution < 1.29 is 152 Å². The number of rotatable bonds is 39. The molecule has 14 unspecified atom stereocenters. The van der Waals surface area contributed by atoms with Gasteiger partial charge in [-0.15, -0.1) is 11.8 Å². The number of nitrogens with one attached hydrogen (secondary N) is 5. The lowest BCUT2D eigenvalue weighted by molar-refractivity contribution is -0.349. The standard InChI is InChI=1S/C64H105N5O31/c1-10-11-12-13-14-15-16-17-18-22-89-38-21-19-20-37(23-38)57(85)69-45-50(81)49(80)41(26-72)96-62(45)99-54-42(27-73)97-60(46(51(54)82)66-34(6)76)91-31(3)39(24-70)94-64(58(86)68-36(8)78)100-55-43(28-74)98-61(47(52(55)83)67-35(7)77)95-40(25-71)44(93-59(87)30(2)65-33(5)75)29-90-63-56(88-9)53(84)48(79)32(4)92-63/h19-21,23,30-32,39-56,58-64,70-74,79-84,86-87H,10-14,17-18,22,24-29H2,1-9H3,(H,65,75)(H,66,76)(H,67,77)(H,68,78)(H,69,85)/t30-,31?,32?,39?,40?,41?,42-,43-,44?,45+,46?,47?,48?,49+,50+,51?,52?,53-,54+,55+,56+,58-,59?,60+,61?,62?,63+,64-/m0/s1.